The van der Waals surface area contributed by atoms with Gasteiger partial charge in [0.15, 0.2) is 0 Å². The molecule has 0 amide bonds. The van der Waals surface area contributed by atoms with Gasteiger partial charge in [-0.25, -0.2) is 0 Å². The maximum atomic E-state index is 5.10. The zero-order valence-corrected chi connectivity index (χ0v) is 4.07. The molecule has 0 nitrogen and oxygen atoms in total. The van der Waals surface area contributed by atoms with Gasteiger partial charge in [0.2, 0.25) is 0 Å². The van der Waals surface area contributed by atoms with E-state index in [2.05, 4.69) is 0 Å². The Labute approximate surface area is 35.8 Å². The highest BCUT2D eigenvalue weighted by atomic mass is 35.7. The fourth-order valence-electron chi connectivity index (χ4n) is 0. The quantitative estimate of drug-likeness (QED) is 0.426. The molecule has 24 valence electrons. The summed E-state index contributed by atoms with van der Waals surface area (Å²) in [5, 5.41) is 0. The lowest BCUT2D eigenvalue weighted by Gasteiger charge is -1.64. The Morgan fingerprint density at radius 2 is 2.25 bits per heavy atom. The SMILES string of the molecule is BCSCl. The summed E-state index contributed by atoms with van der Waals surface area (Å²) in [6, 6.07) is 0. The second-order valence-electron chi connectivity index (χ2n) is 0.398. The van der Waals surface area contributed by atoms with Crippen LogP contribution in [0.3, 0.4) is 0 Å². The maximum absolute atomic E-state index is 5.10. The summed E-state index contributed by atoms with van der Waals surface area (Å²) in [5.74, 6) is 0. The van der Waals surface area contributed by atoms with Crippen LogP contribution in [0.2, 0.25) is 0 Å². The van der Waals surface area contributed by atoms with Crippen LogP contribution < -0.4 is 0 Å². The van der Waals surface area contributed by atoms with Gasteiger partial charge in [0, 0.05) is 0 Å². The van der Waals surface area contributed by atoms with Crippen molar-refractivity contribution < 1.29 is 0 Å². The van der Waals surface area contributed by atoms with Crippen LogP contribution in [0.1, 0.15) is 0 Å². The summed E-state index contributed by atoms with van der Waals surface area (Å²) in [6.45, 7) is 0. The zero-order valence-electron chi connectivity index (χ0n) is 2.49. The molecule has 4 heavy (non-hydrogen) atoms. The van der Waals surface area contributed by atoms with Gasteiger partial charge in [-0.3, -0.25) is 0 Å². The Morgan fingerprint density at radius 1 is 2.00 bits per heavy atom. The molecule has 0 spiro atoms. The van der Waals surface area contributed by atoms with E-state index in [-0.39, 0.29) is 0 Å². The molecule has 0 fully saturated rings. The molecule has 0 aliphatic rings. The summed E-state index contributed by atoms with van der Waals surface area (Å²) >= 11 is 0. The zero-order chi connectivity index (χ0) is 3.41. The molecule has 0 radical (unpaired) electrons. The van der Waals surface area contributed by atoms with Gasteiger partial charge in [-0.2, -0.15) is 0 Å². The molecule has 0 aliphatic carbocycles. The van der Waals surface area contributed by atoms with Gasteiger partial charge in [-0.15, -0.1) is 0 Å². The molecule has 0 heterocycles. The van der Waals surface area contributed by atoms with Crippen molar-refractivity contribution in [1.82, 2.24) is 0 Å². The van der Waals surface area contributed by atoms with E-state index in [4.69, 9.17) is 10.7 Å². The van der Waals surface area contributed by atoms with Crippen molar-refractivity contribution in [3.05, 3.63) is 0 Å². The molecule has 0 aromatic rings. The summed E-state index contributed by atoms with van der Waals surface area (Å²) in [5.41, 5.74) is 1.00. The molecule has 0 aromatic heterocycles. The monoisotopic (exact) mass is 94.0 g/mol. The van der Waals surface area contributed by atoms with E-state index in [1.165, 1.54) is 11.0 Å². The van der Waals surface area contributed by atoms with Gasteiger partial charge in [-0.05, 0) is 16.3 Å². The summed E-state index contributed by atoms with van der Waals surface area (Å²) in [7, 11) is 8.44. The Balaban J connectivity index is 1.97. The minimum absolute atomic E-state index is 1.00. The van der Waals surface area contributed by atoms with Crippen LogP contribution in [0.5, 0.6) is 0 Å². The Kier molecular flexibility index (Phi) is 4.36. The van der Waals surface area contributed by atoms with Crippen LogP contribution in [0.4, 0.5) is 0 Å². The van der Waals surface area contributed by atoms with Gasteiger partial charge >= 0.3 is 0 Å². The Hall–Kier alpha value is 0.705. The lowest BCUT2D eigenvalue weighted by atomic mass is 10.2. The summed E-state index contributed by atoms with van der Waals surface area (Å²) < 4.78 is 0. The highest BCUT2D eigenvalue weighted by Gasteiger charge is 1.60. The first-order chi connectivity index (χ1) is 1.91. The standard InChI is InChI=1S/CH4BClS/c2-1-4-3/h1-2H2. The molecule has 0 saturated heterocycles. The third kappa shape index (κ3) is 2.70. The summed E-state index contributed by atoms with van der Waals surface area (Å²) in [6.07, 6.45) is 0. The molecular weight excluding hydrogens is 90.3 g/mol. The van der Waals surface area contributed by atoms with Crippen molar-refractivity contribution in [2.75, 3.05) is 5.65 Å². The molecule has 0 aliphatic heterocycles. The second-order valence-corrected chi connectivity index (χ2v) is 1.85. The lowest BCUT2D eigenvalue weighted by Crippen LogP contribution is -1.59. The molecular formula is CH4BClS. The summed E-state index contributed by atoms with van der Waals surface area (Å²) in [4.78, 5) is 0. The molecule has 0 bridgehead atoms. The maximum Gasteiger partial charge on any atom is 0.115 e. The molecule has 0 atom stereocenters. The van der Waals surface area contributed by atoms with Crippen LogP contribution in [0.15, 0.2) is 0 Å². The minimum Gasteiger partial charge on any atom is -0.0647 e. The van der Waals surface area contributed by atoms with Crippen molar-refractivity contribution in [2.45, 2.75) is 0 Å². The van der Waals surface area contributed by atoms with Crippen molar-refractivity contribution in [2.24, 2.45) is 0 Å². The fourth-order valence-corrected chi connectivity index (χ4v) is 0. The third-order valence-corrected chi connectivity index (χ3v) is 0.982. The van der Waals surface area contributed by atoms with Gasteiger partial charge in [0.1, 0.15) is 7.85 Å². The number of rotatable bonds is 1. The van der Waals surface area contributed by atoms with Crippen LogP contribution in [0.25, 0.3) is 0 Å². The van der Waals surface area contributed by atoms with Gasteiger partial charge in [-0.1, -0.05) is 11.0 Å². The van der Waals surface area contributed by atoms with E-state index in [0.717, 1.165) is 5.65 Å². The largest absolute Gasteiger partial charge is 0.115 e. The molecule has 3 heteroatoms. The van der Waals surface area contributed by atoms with Gasteiger partial charge in [0.25, 0.3) is 0 Å². The Morgan fingerprint density at radius 3 is 2.25 bits per heavy atom. The molecule has 0 rings (SSSR count). The Bertz CT molecular complexity index is 10.0. The van der Waals surface area contributed by atoms with E-state index < -0.39 is 0 Å². The minimum atomic E-state index is 1.00. The second kappa shape index (κ2) is 3.70. The average molecular weight is 94.4 g/mol. The fraction of sp³-hybridized carbons (Fsp3) is 1.00. The molecule has 0 saturated carbocycles. The molecule has 0 aromatic carbocycles. The number of hydrogen-bond donors (Lipinski definition) is 0. The van der Waals surface area contributed by atoms with E-state index in [0.29, 0.717) is 0 Å². The van der Waals surface area contributed by atoms with Crippen LogP contribution >= 0.6 is 21.7 Å². The first-order valence-corrected chi connectivity index (χ1v) is 2.96. The predicted octanol–water partition coefficient (Wildman–Crippen LogP) is 0.464. The van der Waals surface area contributed by atoms with Crippen molar-refractivity contribution in [1.29, 1.82) is 0 Å². The van der Waals surface area contributed by atoms with E-state index in [1.807, 2.05) is 7.85 Å². The lowest BCUT2D eigenvalue weighted by molar-refractivity contribution is 2.27. The molecule has 0 N–H and O–H groups in total. The predicted molar refractivity (Wildman–Crippen MR) is 26.9 cm³/mol. The van der Waals surface area contributed by atoms with E-state index >= 15 is 0 Å². The highest BCUT2D eigenvalue weighted by molar-refractivity contribution is 8.21. The van der Waals surface area contributed by atoms with Crippen molar-refractivity contribution in [3.8, 4) is 0 Å². The first kappa shape index (κ1) is 4.70. The molecule has 0 unspecified atom stereocenters. The number of hydrogen-bond acceptors (Lipinski definition) is 1. The number of halogens is 1. The van der Waals surface area contributed by atoms with Crippen LogP contribution in [-0.4, -0.2) is 13.5 Å². The smallest absolute Gasteiger partial charge is 0.0647 e. The van der Waals surface area contributed by atoms with Crippen LogP contribution in [-0.2, 0) is 0 Å². The third-order valence-electron chi connectivity index (χ3n) is 0.109. The topological polar surface area (TPSA) is 0 Å². The average Bonchev–Trinajstić information content (AvgIpc) is 1.37. The van der Waals surface area contributed by atoms with E-state index in [1.54, 1.807) is 0 Å². The highest BCUT2D eigenvalue weighted by Crippen LogP contribution is 1.99. The first-order valence-electron chi connectivity index (χ1n) is 1.15. The van der Waals surface area contributed by atoms with Gasteiger partial charge < -0.3 is 0 Å². The van der Waals surface area contributed by atoms with E-state index in [9.17, 15) is 0 Å². The van der Waals surface area contributed by atoms with Crippen LogP contribution in [0, 0.1) is 0 Å². The normalized spacial score (nSPS) is 7.25. The van der Waals surface area contributed by atoms with Crippen molar-refractivity contribution in [3.63, 3.8) is 0 Å². The van der Waals surface area contributed by atoms with Gasteiger partial charge in [0.05, 0.1) is 0 Å². The van der Waals surface area contributed by atoms with Crippen molar-refractivity contribution >= 4 is 29.5 Å².